The van der Waals surface area contributed by atoms with E-state index in [9.17, 15) is 4.79 Å². The zero-order valence-corrected chi connectivity index (χ0v) is 8.86. The van der Waals surface area contributed by atoms with E-state index in [-0.39, 0.29) is 5.63 Å². The average Bonchev–Trinajstić information content (AvgIpc) is 2.42. The molecule has 0 radical (unpaired) electrons. The minimum Gasteiger partial charge on any atom is -0.423 e. The second-order valence-corrected chi connectivity index (χ2v) is 3.91. The second-order valence-electron chi connectivity index (χ2n) is 3.91. The SMILES string of the molecule is Cc1cc(=O)oc2cc3cccccc-3c12. The Balaban J connectivity index is 2.57. The molecule has 1 aromatic heterocycles. The molecule has 2 heteroatoms. The molecule has 0 N–H and O–H groups in total. The van der Waals surface area contributed by atoms with E-state index in [1.807, 2.05) is 43.3 Å². The highest BCUT2D eigenvalue weighted by molar-refractivity contribution is 6.00. The quantitative estimate of drug-likeness (QED) is 0.570. The van der Waals surface area contributed by atoms with Crippen molar-refractivity contribution in [3.63, 3.8) is 0 Å². The summed E-state index contributed by atoms with van der Waals surface area (Å²) in [5.74, 6) is 0. The van der Waals surface area contributed by atoms with Crippen molar-refractivity contribution in [1.82, 2.24) is 0 Å². The third-order valence-corrected chi connectivity index (χ3v) is 2.81. The van der Waals surface area contributed by atoms with Gasteiger partial charge in [0, 0.05) is 11.5 Å². The monoisotopic (exact) mass is 210 g/mol. The van der Waals surface area contributed by atoms with Gasteiger partial charge in [-0.2, -0.15) is 0 Å². The molecule has 0 bridgehead atoms. The van der Waals surface area contributed by atoms with Crippen molar-refractivity contribution in [2.45, 2.75) is 6.92 Å². The van der Waals surface area contributed by atoms with Crippen LogP contribution < -0.4 is 5.63 Å². The minimum absolute atomic E-state index is 0.287. The highest BCUT2D eigenvalue weighted by atomic mass is 16.4. The van der Waals surface area contributed by atoms with E-state index in [1.165, 1.54) is 6.07 Å². The lowest BCUT2D eigenvalue weighted by atomic mass is 10.1. The van der Waals surface area contributed by atoms with Crippen LogP contribution in [-0.4, -0.2) is 0 Å². The third kappa shape index (κ3) is 1.23. The predicted molar refractivity (Wildman–Crippen MR) is 63.8 cm³/mol. The van der Waals surface area contributed by atoms with E-state index in [1.54, 1.807) is 0 Å². The Hall–Kier alpha value is -2.09. The molecule has 0 unspecified atom stereocenters. The predicted octanol–water partition coefficient (Wildman–Crippen LogP) is 3.21. The van der Waals surface area contributed by atoms with Gasteiger partial charge in [0.2, 0.25) is 0 Å². The first kappa shape index (κ1) is 9.16. The van der Waals surface area contributed by atoms with Crippen molar-refractivity contribution in [3.05, 3.63) is 58.4 Å². The van der Waals surface area contributed by atoms with Crippen LogP contribution in [0.25, 0.3) is 22.1 Å². The van der Waals surface area contributed by atoms with Gasteiger partial charge in [0.15, 0.2) is 0 Å². The van der Waals surface area contributed by atoms with Crippen LogP contribution in [0.4, 0.5) is 0 Å². The zero-order chi connectivity index (χ0) is 11.1. The van der Waals surface area contributed by atoms with Crippen LogP contribution >= 0.6 is 0 Å². The number of fused-ring (bicyclic) bond motifs is 3. The van der Waals surface area contributed by atoms with Crippen molar-refractivity contribution in [2.75, 3.05) is 0 Å². The van der Waals surface area contributed by atoms with Crippen molar-refractivity contribution in [3.8, 4) is 11.1 Å². The van der Waals surface area contributed by atoms with Crippen LogP contribution in [0.1, 0.15) is 5.56 Å². The maximum Gasteiger partial charge on any atom is 0.336 e. The number of rotatable bonds is 0. The molecule has 0 amide bonds. The number of aryl methyl sites for hydroxylation is 1. The van der Waals surface area contributed by atoms with E-state index < -0.39 is 0 Å². The zero-order valence-electron chi connectivity index (χ0n) is 8.86. The Bertz CT molecular complexity index is 695. The van der Waals surface area contributed by atoms with Gasteiger partial charge in [-0.15, -0.1) is 0 Å². The molecule has 0 spiro atoms. The summed E-state index contributed by atoms with van der Waals surface area (Å²) < 4.78 is 5.20. The van der Waals surface area contributed by atoms with Crippen molar-refractivity contribution in [2.24, 2.45) is 0 Å². The highest BCUT2D eigenvalue weighted by Crippen LogP contribution is 2.34. The molecule has 0 atom stereocenters. The van der Waals surface area contributed by atoms with Crippen LogP contribution in [0.15, 0.2) is 51.7 Å². The molecule has 0 aromatic carbocycles. The van der Waals surface area contributed by atoms with Crippen molar-refractivity contribution >= 4 is 11.0 Å². The number of hydrogen-bond donors (Lipinski definition) is 0. The van der Waals surface area contributed by atoms with E-state index in [0.717, 1.165) is 22.1 Å². The molecule has 1 heterocycles. The standard InChI is InChI=1S/C14H10O2/c1-9-7-13(15)16-12-8-10-5-3-2-4-6-11(10)14(9)12/h2-8H,1H3. The van der Waals surface area contributed by atoms with Crippen molar-refractivity contribution in [1.29, 1.82) is 0 Å². The molecule has 3 rings (SSSR count). The molecule has 2 aliphatic carbocycles. The molecule has 16 heavy (non-hydrogen) atoms. The van der Waals surface area contributed by atoms with Crippen LogP contribution in [0.5, 0.6) is 0 Å². The molecule has 78 valence electrons. The molecule has 0 aliphatic heterocycles. The summed E-state index contributed by atoms with van der Waals surface area (Å²) in [4.78, 5) is 11.3. The Morgan fingerprint density at radius 1 is 1.06 bits per heavy atom. The summed E-state index contributed by atoms with van der Waals surface area (Å²) in [6, 6.07) is 13.5. The molecule has 0 saturated heterocycles. The Morgan fingerprint density at radius 2 is 1.88 bits per heavy atom. The highest BCUT2D eigenvalue weighted by Gasteiger charge is 2.12. The maximum absolute atomic E-state index is 11.3. The van der Waals surface area contributed by atoms with E-state index >= 15 is 0 Å². The first-order valence-electron chi connectivity index (χ1n) is 5.18. The van der Waals surface area contributed by atoms with Gasteiger partial charge in [0.1, 0.15) is 5.58 Å². The molecule has 0 fully saturated rings. The fourth-order valence-corrected chi connectivity index (χ4v) is 2.13. The van der Waals surface area contributed by atoms with Crippen LogP contribution in [-0.2, 0) is 0 Å². The first-order chi connectivity index (χ1) is 7.75. The van der Waals surface area contributed by atoms with E-state index in [2.05, 4.69) is 0 Å². The van der Waals surface area contributed by atoms with Gasteiger partial charge < -0.3 is 4.42 Å². The molecular formula is C14H10O2. The lowest BCUT2D eigenvalue weighted by Crippen LogP contribution is -1.96. The normalized spacial score (nSPS) is 11.1. The maximum atomic E-state index is 11.3. The molecule has 1 aromatic rings. The van der Waals surface area contributed by atoms with Gasteiger partial charge in [0.05, 0.1) is 0 Å². The Kier molecular flexibility index (Phi) is 1.83. The summed E-state index contributed by atoms with van der Waals surface area (Å²) in [6.07, 6.45) is 0. The Labute approximate surface area is 92.5 Å². The van der Waals surface area contributed by atoms with E-state index in [4.69, 9.17) is 4.42 Å². The summed E-state index contributed by atoms with van der Waals surface area (Å²) in [6.45, 7) is 1.94. The molecule has 2 aliphatic rings. The largest absolute Gasteiger partial charge is 0.423 e. The Morgan fingerprint density at radius 3 is 2.75 bits per heavy atom. The lowest BCUT2D eigenvalue weighted by molar-refractivity contribution is 0.561. The van der Waals surface area contributed by atoms with Gasteiger partial charge in [-0.05, 0) is 29.7 Å². The van der Waals surface area contributed by atoms with Gasteiger partial charge in [0.25, 0.3) is 0 Å². The summed E-state index contributed by atoms with van der Waals surface area (Å²) in [5.41, 5.74) is 3.57. The van der Waals surface area contributed by atoms with Crippen LogP contribution in [0, 0.1) is 6.92 Å². The van der Waals surface area contributed by atoms with Gasteiger partial charge in [-0.3, -0.25) is 0 Å². The summed E-state index contributed by atoms with van der Waals surface area (Å²) in [5, 5.41) is 1.03. The molecule has 0 saturated carbocycles. The van der Waals surface area contributed by atoms with Crippen molar-refractivity contribution < 1.29 is 4.42 Å². The topological polar surface area (TPSA) is 30.2 Å². The minimum atomic E-state index is -0.287. The molecular weight excluding hydrogens is 200 g/mol. The second kappa shape index (κ2) is 3.20. The van der Waals surface area contributed by atoms with Crippen LogP contribution in [0.3, 0.4) is 0 Å². The lowest BCUT2D eigenvalue weighted by Gasteiger charge is -1.96. The van der Waals surface area contributed by atoms with Gasteiger partial charge in [-0.25, -0.2) is 4.79 Å². The van der Waals surface area contributed by atoms with E-state index in [0.29, 0.717) is 5.58 Å². The third-order valence-electron chi connectivity index (χ3n) is 2.81. The number of hydrogen-bond acceptors (Lipinski definition) is 2. The van der Waals surface area contributed by atoms with Gasteiger partial charge in [-0.1, -0.05) is 30.3 Å². The fraction of sp³-hybridized carbons (Fsp3) is 0.0714. The average molecular weight is 210 g/mol. The summed E-state index contributed by atoms with van der Waals surface area (Å²) in [7, 11) is 0. The fourth-order valence-electron chi connectivity index (χ4n) is 2.13. The van der Waals surface area contributed by atoms with Gasteiger partial charge >= 0.3 is 5.63 Å². The molecule has 2 nitrogen and oxygen atoms in total. The van der Waals surface area contributed by atoms with Crippen LogP contribution in [0.2, 0.25) is 0 Å². The summed E-state index contributed by atoms with van der Waals surface area (Å²) >= 11 is 0. The smallest absolute Gasteiger partial charge is 0.336 e. The first-order valence-corrected chi connectivity index (χ1v) is 5.18.